The SMILES string of the molecule is Cc1cc(N2CCN(Cc3ccncc3)CC2)cc2c1C(=O)N(Cc1ccc(Cl)cc1)C2. The van der Waals surface area contributed by atoms with Crippen LogP contribution in [-0.2, 0) is 19.6 Å². The Morgan fingerprint density at radius 3 is 2.31 bits per heavy atom. The summed E-state index contributed by atoms with van der Waals surface area (Å²) < 4.78 is 0. The van der Waals surface area contributed by atoms with Crippen LogP contribution in [0.3, 0.4) is 0 Å². The predicted molar refractivity (Wildman–Crippen MR) is 128 cm³/mol. The second-order valence-corrected chi connectivity index (χ2v) is 9.14. The minimum Gasteiger partial charge on any atom is -0.369 e. The largest absolute Gasteiger partial charge is 0.369 e. The molecule has 1 saturated heterocycles. The number of aromatic nitrogens is 1. The van der Waals surface area contributed by atoms with Crippen molar-refractivity contribution in [2.45, 2.75) is 26.6 Å². The highest BCUT2D eigenvalue weighted by atomic mass is 35.5. The molecule has 5 rings (SSSR count). The van der Waals surface area contributed by atoms with Crippen molar-refractivity contribution in [2.75, 3.05) is 31.1 Å². The summed E-state index contributed by atoms with van der Waals surface area (Å²) in [6.07, 6.45) is 3.72. The van der Waals surface area contributed by atoms with Gasteiger partial charge in [-0.25, -0.2) is 0 Å². The Kier molecular flexibility index (Phi) is 5.85. The van der Waals surface area contributed by atoms with E-state index in [1.807, 2.05) is 41.6 Å². The molecular formula is C26H27ClN4O. The normalized spacial score (nSPS) is 16.5. The summed E-state index contributed by atoms with van der Waals surface area (Å²) in [6, 6.07) is 16.3. The number of anilines is 1. The summed E-state index contributed by atoms with van der Waals surface area (Å²) in [4.78, 5) is 24.0. The van der Waals surface area contributed by atoms with Gasteiger partial charge in [-0.05, 0) is 65.6 Å². The van der Waals surface area contributed by atoms with Crippen LogP contribution < -0.4 is 4.90 Å². The van der Waals surface area contributed by atoms with E-state index in [0.717, 1.165) is 55.0 Å². The Labute approximate surface area is 194 Å². The third kappa shape index (κ3) is 4.36. The van der Waals surface area contributed by atoms with Crippen molar-refractivity contribution >= 4 is 23.2 Å². The molecule has 1 fully saturated rings. The highest BCUT2D eigenvalue weighted by molar-refractivity contribution is 6.30. The monoisotopic (exact) mass is 446 g/mol. The zero-order valence-electron chi connectivity index (χ0n) is 18.3. The number of hydrogen-bond acceptors (Lipinski definition) is 4. The third-order valence-corrected chi connectivity index (χ3v) is 6.70. The fourth-order valence-electron chi connectivity index (χ4n) is 4.74. The Balaban J connectivity index is 1.26. The molecule has 0 N–H and O–H groups in total. The number of carbonyl (C=O) groups is 1. The number of hydrogen-bond donors (Lipinski definition) is 0. The van der Waals surface area contributed by atoms with Crippen LogP contribution in [-0.4, -0.2) is 46.9 Å². The molecule has 2 aliphatic heterocycles. The molecular weight excluding hydrogens is 420 g/mol. The molecule has 0 unspecified atom stereocenters. The summed E-state index contributed by atoms with van der Waals surface area (Å²) in [5.74, 6) is 0.126. The minimum atomic E-state index is 0.126. The van der Waals surface area contributed by atoms with Gasteiger partial charge in [-0.15, -0.1) is 0 Å². The maximum Gasteiger partial charge on any atom is 0.255 e. The summed E-state index contributed by atoms with van der Waals surface area (Å²) in [5.41, 5.74) is 6.71. The van der Waals surface area contributed by atoms with Gasteiger partial charge in [-0.2, -0.15) is 0 Å². The van der Waals surface area contributed by atoms with Gasteiger partial charge in [0.2, 0.25) is 0 Å². The molecule has 1 amide bonds. The van der Waals surface area contributed by atoms with E-state index in [2.05, 4.69) is 46.0 Å². The standard InChI is InChI=1S/C26H27ClN4O/c1-19-14-24(30-12-10-29(11-13-30)16-21-6-8-28-9-7-21)15-22-18-31(26(32)25(19)22)17-20-2-4-23(27)5-3-20/h2-9,14-15H,10-13,16-18H2,1H3. The lowest BCUT2D eigenvalue weighted by atomic mass is 10.0. The van der Waals surface area contributed by atoms with E-state index in [4.69, 9.17) is 11.6 Å². The van der Waals surface area contributed by atoms with Gasteiger partial charge in [-0.3, -0.25) is 14.7 Å². The molecule has 0 saturated carbocycles. The first-order valence-electron chi connectivity index (χ1n) is 11.1. The average molecular weight is 447 g/mol. The van der Waals surface area contributed by atoms with Crippen molar-refractivity contribution in [1.29, 1.82) is 0 Å². The fraction of sp³-hybridized carbons (Fsp3) is 0.308. The van der Waals surface area contributed by atoms with Crippen molar-refractivity contribution < 1.29 is 4.79 Å². The molecule has 0 spiro atoms. The van der Waals surface area contributed by atoms with Crippen LogP contribution in [0.2, 0.25) is 5.02 Å². The molecule has 1 aromatic heterocycles. The van der Waals surface area contributed by atoms with Crippen molar-refractivity contribution in [2.24, 2.45) is 0 Å². The van der Waals surface area contributed by atoms with Gasteiger partial charge in [0.25, 0.3) is 5.91 Å². The number of rotatable bonds is 5. The predicted octanol–water partition coefficient (Wildman–Crippen LogP) is 4.52. The first kappa shape index (κ1) is 21.0. The van der Waals surface area contributed by atoms with Crippen molar-refractivity contribution in [3.63, 3.8) is 0 Å². The Hall–Kier alpha value is -2.89. The Morgan fingerprint density at radius 1 is 0.906 bits per heavy atom. The van der Waals surface area contributed by atoms with Crippen LogP contribution >= 0.6 is 11.6 Å². The van der Waals surface area contributed by atoms with Crippen LogP contribution in [0.5, 0.6) is 0 Å². The van der Waals surface area contributed by atoms with Crippen LogP contribution in [0.25, 0.3) is 0 Å². The lowest BCUT2D eigenvalue weighted by molar-refractivity contribution is 0.0766. The van der Waals surface area contributed by atoms with Gasteiger partial charge in [0.05, 0.1) is 0 Å². The highest BCUT2D eigenvalue weighted by Crippen LogP contribution is 2.32. The maximum absolute atomic E-state index is 13.1. The van der Waals surface area contributed by atoms with Crippen LogP contribution in [0, 0.1) is 6.92 Å². The molecule has 2 aliphatic rings. The van der Waals surface area contributed by atoms with Crippen molar-refractivity contribution in [3.8, 4) is 0 Å². The van der Waals surface area contributed by atoms with E-state index in [0.29, 0.717) is 18.1 Å². The molecule has 0 aliphatic carbocycles. The lowest BCUT2D eigenvalue weighted by Crippen LogP contribution is -2.46. The van der Waals surface area contributed by atoms with Gasteiger partial charge in [0, 0.05) is 74.5 Å². The number of nitrogens with zero attached hydrogens (tertiary/aromatic N) is 4. The van der Waals surface area contributed by atoms with Gasteiger partial charge >= 0.3 is 0 Å². The number of amides is 1. The molecule has 2 aromatic carbocycles. The van der Waals surface area contributed by atoms with E-state index in [-0.39, 0.29) is 5.91 Å². The third-order valence-electron chi connectivity index (χ3n) is 6.44. The smallest absolute Gasteiger partial charge is 0.255 e. The fourth-order valence-corrected chi connectivity index (χ4v) is 4.86. The average Bonchev–Trinajstić information content (AvgIpc) is 3.12. The zero-order chi connectivity index (χ0) is 22.1. The summed E-state index contributed by atoms with van der Waals surface area (Å²) in [7, 11) is 0. The molecule has 6 heteroatoms. The molecule has 164 valence electrons. The highest BCUT2D eigenvalue weighted by Gasteiger charge is 2.30. The molecule has 0 radical (unpaired) electrons. The number of carbonyl (C=O) groups excluding carboxylic acids is 1. The van der Waals surface area contributed by atoms with Crippen molar-refractivity contribution in [1.82, 2.24) is 14.8 Å². The van der Waals surface area contributed by atoms with E-state index in [1.54, 1.807) is 0 Å². The quantitative estimate of drug-likeness (QED) is 0.577. The molecule has 32 heavy (non-hydrogen) atoms. The lowest BCUT2D eigenvalue weighted by Gasteiger charge is -2.36. The second kappa shape index (κ2) is 8.93. The number of halogens is 1. The van der Waals surface area contributed by atoms with Crippen molar-refractivity contribution in [3.05, 3.63) is 93.8 Å². The summed E-state index contributed by atoms with van der Waals surface area (Å²) in [6.45, 7) is 8.33. The molecule has 3 heterocycles. The first-order chi connectivity index (χ1) is 15.6. The summed E-state index contributed by atoms with van der Waals surface area (Å²) in [5, 5.41) is 0.714. The van der Waals surface area contributed by atoms with Gasteiger partial charge in [0.1, 0.15) is 0 Å². The summed E-state index contributed by atoms with van der Waals surface area (Å²) >= 11 is 6.00. The molecule has 0 atom stereocenters. The van der Waals surface area contributed by atoms with Gasteiger partial charge in [0.15, 0.2) is 0 Å². The first-order valence-corrected chi connectivity index (χ1v) is 11.5. The number of pyridine rings is 1. The number of aryl methyl sites for hydroxylation is 1. The maximum atomic E-state index is 13.1. The number of benzene rings is 2. The Bertz CT molecular complexity index is 1110. The van der Waals surface area contributed by atoms with Crippen LogP contribution in [0.1, 0.15) is 32.6 Å². The molecule has 3 aromatic rings. The zero-order valence-corrected chi connectivity index (χ0v) is 19.1. The topological polar surface area (TPSA) is 39.7 Å². The van der Waals surface area contributed by atoms with Gasteiger partial charge < -0.3 is 9.80 Å². The van der Waals surface area contributed by atoms with Crippen LogP contribution in [0.4, 0.5) is 5.69 Å². The molecule has 0 bridgehead atoms. The van der Waals surface area contributed by atoms with Crippen LogP contribution in [0.15, 0.2) is 60.9 Å². The second-order valence-electron chi connectivity index (χ2n) is 8.70. The van der Waals surface area contributed by atoms with E-state index in [1.165, 1.54) is 11.3 Å². The van der Waals surface area contributed by atoms with Gasteiger partial charge in [-0.1, -0.05) is 23.7 Å². The molecule has 5 nitrogen and oxygen atoms in total. The van der Waals surface area contributed by atoms with E-state index < -0.39 is 0 Å². The number of piperazine rings is 1. The minimum absolute atomic E-state index is 0.126. The Morgan fingerprint density at radius 2 is 1.59 bits per heavy atom. The number of fused-ring (bicyclic) bond motifs is 1. The van der Waals surface area contributed by atoms with E-state index >= 15 is 0 Å². The van der Waals surface area contributed by atoms with E-state index in [9.17, 15) is 4.79 Å².